The lowest BCUT2D eigenvalue weighted by Crippen LogP contribution is -2.30. The van der Waals surface area contributed by atoms with Crippen LogP contribution >= 0.6 is 0 Å². The number of aromatic nitrogens is 1. The third-order valence-electron chi connectivity index (χ3n) is 3.26. The Morgan fingerprint density at radius 3 is 3.00 bits per heavy atom. The first kappa shape index (κ1) is 12.8. The van der Waals surface area contributed by atoms with Crippen molar-refractivity contribution in [3.05, 3.63) is 23.5 Å². The van der Waals surface area contributed by atoms with Crippen LogP contribution in [0.5, 0.6) is 5.75 Å². The standard InChI is InChI=1S/C13H18N2O3/c1-9-6-11(7-12(14-9)13(16)17)18-8-10-4-3-5-15(10)2/h6-7,10H,3-5,8H2,1-2H3,(H,16,17). The summed E-state index contributed by atoms with van der Waals surface area (Å²) in [6, 6.07) is 3.66. The van der Waals surface area contributed by atoms with Crippen molar-refractivity contribution < 1.29 is 14.6 Å². The molecule has 2 rings (SSSR count). The lowest BCUT2D eigenvalue weighted by molar-refractivity contribution is 0.0689. The molecule has 1 aliphatic rings. The maximum atomic E-state index is 10.9. The first-order valence-corrected chi connectivity index (χ1v) is 6.11. The lowest BCUT2D eigenvalue weighted by atomic mass is 10.2. The van der Waals surface area contributed by atoms with Gasteiger partial charge in [0.15, 0.2) is 5.69 Å². The average Bonchev–Trinajstić information content (AvgIpc) is 2.71. The molecule has 1 aliphatic heterocycles. The highest BCUT2D eigenvalue weighted by Gasteiger charge is 2.21. The molecule has 0 aliphatic carbocycles. The Balaban J connectivity index is 2.02. The summed E-state index contributed by atoms with van der Waals surface area (Å²) >= 11 is 0. The minimum absolute atomic E-state index is 0.0322. The van der Waals surface area contributed by atoms with Gasteiger partial charge in [-0.25, -0.2) is 9.78 Å². The van der Waals surface area contributed by atoms with Crippen LogP contribution in [0.3, 0.4) is 0 Å². The molecular weight excluding hydrogens is 232 g/mol. The number of rotatable bonds is 4. The zero-order valence-corrected chi connectivity index (χ0v) is 10.7. The summed E-state index contributed by atoms with van der Waals surface area (Å²) in [6.07, 6.45) is 2.33. The van der Waals surface area contributed by atoms with Crippen molar-refractivity contribution in [1.29, 1.82) is 0 Å². The molecule has 0 radical (unpaired) electrons. The van der Waals surface area contributed by atoms with Crippen molar-refractivity contribution in [2.75, 3.05) is 20.2 Å². The summed E-state index contributed by atoms with van der Waals surface area (Å²) in [6.45, 7) is 3.46. The third-order valence-corrected chi connectivity index (χ3v) is 3.26. The van der Waals surface area contributed by atoms with Gasteiger partial charge in [-0.3, -0.25) is 0 Å². The van der Waals surface area contributed by atoms with E-state index >= 15 is 0 Å². The van der Waals surface area contributed by atoms with E-state index in [1.54, 1.807) is 13.0 Å². The molecule has 1 N–H and O–H groups in total. The van der Waals surface area contributed by atoms with Crippen LogP contribution in [0, 0.1) is 6.92 Å². The van der Waals surface area contributed by atoms with Gasteiger partial charge in [-0.1, -0.05) is 0 Å². The van der Waals surface area contributed by atoms with Crippen molar-refractivity contribution >= 4 is 5.97 Å². The van der Waals surface area contributed by atoms with Gasteiger partial charge in [-0.05, 0) is 33.4 Å². The van der Waals surface area contributed by atoms with Gasteiger partial charge in [0, 0.05) is 23.9 Å². The second-order valence-electron chi connectivity index (χ2n) is 4.72. The van der Waals surface area contributed by atoms with E-state index in [1.807, 2.05) is 0 Å². The second-order valence-corrected chi connectivity index (χ2v) is 4.72. The molecule has 2 heterocycles. The van der Waals surface area contributed by atoms with E-state index in [0.29, 0.717) is 24.1 Å². The molecule has 18 heavy (non-hydrogen) atoms. The molecule has 1 saturated heterocycles. The minimum atomic E-state index is -1.03. The highest BCUT2D eigenvalue weighted by Crippen LogP contribution is 2.18. The molecule has 1 unspecified atom stereocenters. The Morgan fingerprint density at radius 1 is 1.61 bits per heavy atom. The zero-order chi connectivity index (χ0) is 13.1. The predicted molar refractivity (Wildman–Crippen MR) is 67.1 cm³/mol. The van der Waals surface area contributed by atoms with E-state index in [9.17, 15) is 4.79 Å². The number of likely N-dealkylation sites (N-methyl/N-ethyl adjacent to an activating group) is 1. The number of ether oxygens (including phenoxy) is 1. The van der Waals surface area contributed by atoms with Gasteiger partial charge >= 0.3 is 5.97 Å². The number of carbonyl (C=O) groups is 1. The molecule has 98 valence electrons. The Bertz CT molecular complexity index is 448. The smallest absolute Gasteiger partial charge is 0.354 e. The summed E-state index contributed by atoms with van der Waals surface area (Å²) < 4.78 is 5.69. The third kappa shape index (κ3) is 2.98. The van der Waals surface area contributed by atoms with Gasteiger partial charge in [0.1, 0.15) is 12.4 Å². The van der Waals surface area contributed by atoms with Crippen molar-refractivity contribution in [2.45, 2.75) is 25.8 Å². The van der Waals surface area contributed by atoms with Gasteiger partial charge in [-0.15, -0.1) is 0 Å². The molecule has 1 aromatic heterocycles. The Morgan fingerprint density at radius 2 is 2.39 bits per heavy atom. The maximum absolute atomic E-state index is 10.9. The number of aromatic carboxylic acids is 1. The molecular formula is C13H18N2O3. The predicted octanol–water partition coefficient (Wildman–Crippen LogP) is 1.56. The van der Waals surface area contributed by atoms with Gasteiger partial charge in [0.25, 0.3) is 0 Å². The molecule has 0 amide bonds. The summed E-state index contributed by atoms with van der Waals surface area (Å²) in [5.41, 5.74) is 0.689. The number of carboxylic acids is 1. The number of nitrogens with zero attached hydrogens (tertiary/aromatic N) is 2. The topological polar surface area (TPSA) is 62.7 Å². The first-order chi connectivity index (χ1) is 8.56. The van der Waals surface area contributed by atoms with E-state index in [1.165, 1.54) is 12.5 Å². The van der Waals surface area contributed by atoms with E-state index in [4.69, 9.17) is 9.84 Å². The molecule has 1 fully saturated rings. The van der Waals surface area contributed by atoms with Gasteiger partial charge < -0.3 is 14.7 Å². The second kappa shape index (κ2) is 5.35. The molecule has 0 aromatic carbocycles. The summed E-state index contributed by atoms with van der Waals surface area (Å²) in [4.78, 5) is 17.1. The van der Waals surface area contributed by atoms with E-state index in [2.05, 4.69) is 16.9 Å². The van der Waals surface area contributed by atoms with E-state index < -0.39 is 5.97 Å². The van der Waals surface area contributed by atoms with Crippen LogP contribution in [-0.2, 0) is 0 Å². The fourth-order valence-corrected chi connectivity index (χ4v) is 2.21. The number of likely N-dealkylation sites (tertiary alicyclic amines) is 1. The van der Waals surface area contributed by atoms with Gasteiger partial charge in [0.05, 0.1) is 0 Å². The van der Waals surface area contributed by atoms with Crippen LogP contribution in [0.15, 0.2) is 12.1 Å². The fraction of sp³-hybridized carbons (Fsp3) is 0.538. The summed E-state index contributed by atoms with van der Waals surface area (Å²) in [5.74, 6) is -0.443. The van der Waals surface area contributed by atoms with Crippen LogP contribution in [-0.4, -0.2) is 47.2 Å². The largest absolute Gasteiger partial charge is 0.492 e. The lowest BCUT2D eigenvalue weighted by Gasteiger charge is -2.19. The number of hydrogen-bond donors (Lipinski definition) is 1. The molecule has 5 heteroatoms. The van der Waals surface area contributed by atoms with Crippen molar-refractivity contribution in [3.63, 3.8) is 0 Å². The summed E-state index contributed by atoms with van der Waals surface area (Å²) in [5, 5.41) is 8.93. The van der Waals surface area contributed by atoms with Crippen molar-refractivity contribution in [2.24, 2.45) is 0 Å². The molecule has 0 bridgehead atoms. The maximum Gasteiger partial charge on any atom is 0.354 e. The molecule has 0 spiro atoms. The van der Waals surface area contributed by atoms with Gasteiger partial charge in [-0.2, -0.15) is 0 Å². The number of aryl methyl sites for hydroxylation is 1. The molecule has 1 aromatic rings. The Kier molecular flexibility index (Phi) is 3.81. The highest BCUT2D eigenvalue weighted by atomic mass is 16.5. The monoisotopic (exact) mass is 250 g/mol. The van der Waals surface area contributed by atoms with Crippen molar-refractivity contribution in [1.82, 2.24) is 9.88 Å². The zero-order valence-electron chi connectivity index (χ0n) is 10.7. The van der Waals surface area contributed by atoms with E-state index in [0.717, 1.165) is 13.0 Å². The number of pyridine rings is 1. The summed E-state index contributed by atoms with van der Waals surface area (Å²) in [7, 11) is 2.08. The van der Waals surface area contributed by atoms with Crippen LogP contribution in [0.25, 0.3) is 0 Å². The van der Waals surface area contributed by atoms with Crippen LogP contribution in [0.2, 0.25) is 0 Å². The van der Waals surface area contributed by atoms with Crippen LogP contribution in [0.4, 0.5) is 0 Å². The average molecular weight is 250 g/mol. The molecule has 5 nitrogen and oxygen atoms in total. The van der Waals surface area contributed by atoms with E-state index in [-0.39, 0.29) is 5.69 Å². The quantitative estimate of drug-likeness (QED) is 0.878. The Labute approximate surface area is 106 Å². The van der Waals surface area contributed by atoms with Crippen LogP contribution in [0.1, 0.15) is 29.0 Å². The minimum Gasteiger partial charge on any atom is -0.492 e. The molecule has 0 saturated carbocycles. The normalized spacial score (nSPS) is 20.0. The number of hydrogen-bond acceptors (Lipinski definition) is 4. The number of carboxylic acid groups (broad SMARTS) is 1. The first-order valence-electron chi connectivity index (χ1n) is 6.11. The molecule has 1 atom stereocenters. The highest BCUT2D eigenvalue weighted by molar-refractivity contribution is 5.85. The SMILES string of the molecule is Cc1cc(OCC2CCCN2C)cc(C(=O)O)n1. The van der Waals surface area contributed by atoms with Crippen molar-refractivity contribution in [3.8, 4) is 5.75 Å². The Hall–Kier alpha value is -1.62. The fourth-order valence-electron chi connectivity index (χ4n) is 2.21. The van der Waals surface area contributed by atoms with Crippen LogP contribution < -0.4 is 4.74 Å². The van der Waals surface area contributed by atoms with Gasteiger partial charge in [0.2, 0.25) is 0 Å².